The largest absolute Gasteiger partial charge is 0.368 e. The van der Waals surface area contributed by atoms with Gasteiger partial charge in [0.15, 0.2) is 0 Å². The molecule has 2 amide bonds. The van der Waals surface area contributed by atoms with E-state index in [0.29, 0.717) is 6.42 Å². The van der Waals surface area contributed by atoms with E-state index >= 15 is 0 Å². The van der Waals surface area contributed by atoms with E-state index in [4.69, 9.17) is 5.73 Å². The summed E-state index contributed by atoms with van der Waals surface area (Å²) in [6.45, 7) is 1.83. The fourth-order valence-corrected chi connectivity index (χ4v) is 3.47. The van der Waals surface area contributed by atoms with Gasteiger partial charge in [0.25, 0.3) is 0 Å². The Balaban J connectivity index is 1.85. The van der Waals surface area contributed by atoms with Gasteiger partial charge in [-0.1, -0.05) is 6.07 Å². The van der Waals surface area contributed by atoms with E-state index in [1.54, 1.807) is 16.2 Å². The average Bonchev–Trinajstić information content (AvgIpc) is 2.98. The SMILES string of the molecule is NC(=O)CN(C(=O)CCCc1cccs1)C1CCNCC1. The number of primary amides is 1. The van der Waals surface area contributed by atoms with Gasteiger partial charge in [-0.3, -0.25) is 9.59 Å². The fourth-order valence-electron chi connectivity index (χ4n) is 2.72. The molecule has 1 aliphatic heterocycles. The van der Waals surface area contributed by atoms with Crippen molar-refractivity contribution in [3.63, 3.8) is 0 Å². The number of amides is 2. The second-order valence-electron chi connectivity index (χ2n) is 5.40. The molecule has 3 N–H and O–H groups in total. The van der Waals surface area contributed by atoms with Gasteiger partial charge < -0.3 is 16.0 Å². The van der Waals surface area contributed by atoms with Crippen molar-refractivity contribution in [1.29, 1.82) is 0 Å². The molecule has 0 aromatic carbocycles. The van der Waals surface area contributed by atoms with Gasteiger partial charge in [0.1, 0.15) is 0 Å². The highest BCUT2D eigenvalue weighted by Crippen LogP contribution is 2.16. The van der Waals surface area contributed by atoms with Gasteiger partial charge in [-0.15, -0.1) is 11.3 Å². The molecule has 1 aromatic rings. The fraction of sp³-hybridized carbons (Fsp3) is 0.600. The summed E-state index contributed by atoms with van der Waals surface area (Å²) in [6, 6.07) is 4.26. The van der Waals surface area contributed by atoms with Gasteiger partial charge in [0.2, 0.25) is 11.8 Å². The standard InChI is InChI=1S/C15H23N3O2S/c16-14(19)11-18(12-6-8-17-9-7-12)15(20)5-1-3-13-4-2-10-21-13/h2,4,10,12,17H,1,3,5-9,11H2,(H2,16,19). The van der Waals surface area contributed by atoms with E-state index < -0.39 is 5.91 Å². The molecule has 2 heterocycles. The smallest absolute Gasteiger partial charge is 0.237 e. The van der Waals surface area contributed by atoms with Crippen LogP contribution in [-0.2, 0) is 16.0 Å². The lowest BCUT2D eigenvalue weighted by atomic mass is 10.0. The molecule has 1 fully saturated rings. The average molecular weight is 309 g/mol. The first-order chi connectivity index (χ1) is 10.2. The van der Waals surface area contributed by atoms with Gasteiger partial charge in [0.05, 0.1) is 6.54 Å². The van der Waals surface area contributed by atoms with Crippen LogP contribution in [0, 0.1) is 0 Å². The molecule has 0 atom stereocenters. The third kappa shape index (κ3) is 5.13. The molecule has 5 nitrogen and oxygen atoms in total. The summed E-state index contributed by atoms with van der Waals surface area (Å²) in [4.78, 5) is 26.6. The van der Waals surface area contributed by atoms with Gasteiger partial charge >= 0.3 is 0 Å². The van der Waals surface area contributed by atoms with E-state index in [9.17, 15) is 9.59 Å². The quantitative estimate of drug-likeness (QED) is 0.793. The van der Waals surface area contributed by atoms with Crippen LogP contribution in [0.2, 0.25) is 0 Å². The van der Waals surface area contributed by atoms with Gasteiger partial charge in [0, 0.05) is 17.3 Å². The number of nitrogens with two attached hydrogens (primary N) is 1. The predicted molar refractivity (Wildman–Crippen MR) is 84.1 cm³/mol. The normalized spacial score (nSPS) is 15.8. The first kappa shape index (κ1) is 16.0. The minimum atomic E-state index is -0.430. The van der Waals surface area contributed by atoms with Crippen LogP contribution in [0.15, 0.2) is 17.5 Å². The molecule has 6 heteroatoms. The van der Waals surface area contributed by atoms with Crippen molar-refractivity contribution < 1.29 is 9.59 Å². The van der Waals surface area contributed by atoms with Crippen molar-refractivity contribution in [2.24, 2.45) is 5.73 Å². The summed E-state index contributed by atoms with van der Waals surface area (Å²) in [5.41, 5.74) is 5.30. The number of rotatable bonds is 7. The molecule has 0 saturated carbocycles. The third-order valence-electron chi connectivity index (χ3n) is 3.79. The van der Waals surface area contributed by atoms with Crippen molar-refractivity contribution in [2.45, 2.75) is 38.1 Å². The minimum Gasteiger partial charge on any atom is -0.368 e. The Morgan fingerprint density at radius 3 is 2.76 bits per heavy atom. The van der Waals surface area contributed by atoms with Crippen LogP contribution in [0.25, 0.3) is 0 Å². The number of carbonyl (C=O) groups is 2. The molecule has 116 valence electrons. The maximum absolute atomic E-state index is 12.4. The molecule has 2 rings (SSSR count). The summed E-state index contributed by atoms with van der Waals surface area (Å²) in [7, 11) is 0. The molecule has 1 aliphatic rings. The molecule has 1 saturated heterocycles. The molecule has 0 unspecified atom stereocenters. The van der Waals surface area contributed by atoms with E-state index in [2.05, 4.69) is 11.4 Å². The highest BCUT2D eigenvalue weighted by molar-refractivity contribution is 7.09. The topological polar surface area (TPSA) is 75.4 Å². The van der Waals surface area contributed by atoms with Crippen LogP contribution in [0.5, 0.6) is 0 Å². The van der Waals surface area contributed by atoms with E-state index in [1.807, 2.05) is 11.4 Å². The molecule has 0 radical (unpaired) electrons. The Bertz CT molecular complexity index is 455. The Morgan fingerprint density at radius 2 is 2.14 bits per heavy atom. The second-order valence-corrected chi connectivity index (χ2v) is 6.43. The van der Waals surface area contributed by atoms with Crippen LogP contribution >= 0.6 is 11.3 Å². The zero-order valence-corrected chi connectivity index (χ0v) is 13.0. The highest BCUT2D eigenvalue weighted by atomic mass is 32.1. The van der Waals surface area contributed by atoms with Gasteiger partial charge in [-0.05, 0) is 50.2 Å². The molecule has 0 bridgehead atoms. The Hall–Kier alpha value is -1.40. The first-order valence-electron chi connectivity index (χ1n) is 7.47. The van der Waals surface area contributed by atoms with Crippen LogP contribution in [0.4, 0.5) is 0 Å². The number of thiophene rings is 1. The summed E-state index contributed by atoms with van der Waals surface area (Å²) in [5.74, 6) is -0.377. The van der Waals surface area contributed by atoms with Crippen molar-refractivity contribution in [3.05, 3.63) is 22.4 Å². The van der Waals surface area contributed by atoms with Crippen molar-refractivity contribution >= 4 is 23.2 Å². The number of aryl methyl sites for hydroxylation is 1. The Morgan fingerprint density at radius 1 is 1.38 bits per heavy atom. The van der Waals surface area contributed by atoms with Crippen LogP contribution in [-0.4, -0.2) is 42.4 Å². The first-order valence-corrected chi connectivity index (χ1v) is 8.35. The monoisotopic (exact) mass is 309 g/mol. The molecule has 0 aliphatic carbocycles. The second kappa shape index (κ2) is 8.14. The molecule has 1 aromatic heterocycles. The van der Waals surface area contributed by atoms with E-state index in [-0.39, 0.29) is 18.5 Å². The number of hydrogen-bond donors (Lipinski definition) is 2. The van der Waals surface area contributed by atoms with Crippen molar-refractivity contribution in [2.75, 3.05) is 19.6 Å². The zero-order chi connectivity index (χ0) is 15.1. The Labute approximate surface area is 129 Å². The molecule has 0 spiro atoms. The molecular formula is C15H23N3O2S. The summed E-state index contributed by atoms with van der Waals surface area (Å²) < 4.78 is 0. The lowest BCUT2D eigenvalue weighted by molar-refractivity contribution is -0.138. The lowest BCUT2D eigenvalue weighted by Gasteiger charge is -2.34. The maximum Gasteiger partial charge on any atom is 0.237 e. The summed E-state index contributed by atoms with van der Waals surface area (Å²) >= 11 is 1.71. The number of piperidine rings is 1. The van der Waals surface area contributed by atoms with Crippen molar-refractivity contribution in [3.8, 4) is 0 Å². The number of nitrogens with zero attached hydrogens (tertiary/aromatic N) is 1. The zero-order valence-electron chi connectivity index (χ0n) is 12.2. The van der Waals surface area contributed by atoms with E-state index in [1.165, 1.54) is 4.88 Å². The predicted octanol–water partition coefficient (Wildman–Crippen LogP) is 1.14. The summed E-state index contributed by atoms with van der Waals surface area (Å²) in [5, 5.41) is 5.32. The van der Waals surface area contributed by atoms with Gasteiger partial charge in [-0.25, -0.2) is 0 Å². The Kier molecular flexibility index (Phi) is 6.20. The minimum absolute atomic E-state index is 0.0441. The number of hydrogen-bond acceptors (Lipinski definition) is 4. The number of nitrogens with one attached hydrogen (secondary N) is 1. The van der Waals surface area contributed by atoms with E-state index in [0.717, 1.165) is 38.8 Å². The molecule has 21 heavy (non-hydrogen) atoms. The maximum atomic E-state index is 12.4. The van der Waals surface area contributed by atoms with Gasteiger partial charge in [-0.2, -0.15) is 0 Å². The van der Waals surface area contributed by atoms with Crippen LogP contribution in [0.3, 0.4) is 0 Å². The highest BCUT2D eigenvalue weighted by Gasteiger charge is 2.26. The number of carbonyl (C=O) groups excluding carboxylic acids is 2. The van der Waals surface area contributed by atoms with Crippen LogP contribution in [0.1, 0.15) is 30.6 Å². The third-order valence-corrected chi connectivity index (χ3v) is 4.73. The van der Waals surface area contributed by atoms with Crippen LogP contribution < -0.4 is 11.1 Å². The van der Waals surface area contributed by atoms with Crippen molar-refractivity contribution in [1.82, 2.24) is 10.2 Å². The lowest BCUT2D eigenvalue weighted by Crippen LogP contribution is -2.49. The summed E-state index contributed by atoms with van der Waals surface area (Å²) in [6.07, 6.45) is 4.00. The molecular weight excluding hydrogens is 286 g/mol.